The molecule has 0 aromatic heterocycles. The number of rotatable bonds is 8. The van der Waals surface area contributed by atoms with E-state index in [1.807, 2.05) is 54.6 Å². The first-order chi connectivity index (χ1) is 15.1. The van der Waals surface area contributed by atoms with E-state index in [0.29, 0.717) is 19.5 Å². The molecule has 31 heavy (non-hydrogen) atoms. The van der Waals surface area contributed by atoms with Crippen LogP contribution in [0.1, 0.15) is 17.2 Å². The predicted molar refractivity (Wildman–Crippen MR) is 121 cm³/mol. The lowest BCUT2D eigenvalue weighted by molar-refractivity contribution is -0.139. The summed E-state index contributed by atoms with van der Waals surface area (Å²) in [5, 5.41) is 5.54. The Morgan fingerprint density at radius 1 is 0.935 bits per heavy atom. The Hall–Kier alpha value is -2.90. The van der Waals surface area contributed by atoms with Crippen molar-refractivity contribution in [2.24, 2.45) is 0 Å². The molecule has 2 amide bonds. The first-order valence-corrected chi connectivity index (χ1v) is 10.7. The van der Waals surface area contributed by atoms with Crippen LogP contribution >= 0.6 is 0 Å². The third-order valence-electron chi connectivity index (χ3n) is 5.68. The molecule has 0 spiro atoms. The van der Waals surface area contributed by atoms with E-state index in [9.17, 15) is 9.59 Å². The molecule has 0 aliphatic carbocycles. The van der Waals surface area contributed by atoms with Crippen LogP contribution in [0.5, 0.6) is 5.75 Å². The van der Waals surface area contributed by atoms with Gasteiger partial charge in [0.05, 0.1) is 13.2 Å². The number of amides is 2. The summed E-state index contributed by atoms with van der Waals surface area (Å²) in [6.45, 7) is 4.57. The summed E-state index contributed by atoms with van der Waals surface area (Å²) < 4.78 is 5.26. The number of benzene rings is 2. The van der Waals surface area contributed by atoms with Crippen molar-refractivity contribution >= 4 is 11.8 Å². The van der Waals surface area contributed by atoms with Crippen LogP contribution in [0.25, 0.3) is 0 Å². The maximum absolute atomic E-state index is 12.4. The van der Waals surface area contributed by atoms with E-state index in [4.69, 9.17) is 4.74 Å². The molecule has 1 atom stereocenters. The minimum absolute atomic E-state index is 0.000625. The molecule has 1 saturated heterocycles. The summed E-state index contributed by atoms with van der Waals surface area (Å²) in [5.41, 5.74) is 2.22. The Labute approximate surface area is 184 Å². The number of nitrogens with zero attached hydrogens (tertiary/aromatic N) is 2. The summed E-state index contributed by atoms with van der Waals surface area (Å²) in [6, 6.07) is 17.8. The number of hydrogen-bond acceptors (Lipinski definition) is 5. The lowest BCUT2D eigenvalue weighted by atomic mass is 10.0. The van der Waals surface area contributed by atoms with Crippen LogP contribution in [0.4, 0.5) is 0 Å². The van der Waals surface area contributed by atoms with Crippen LogP contribution in [0, 0.1) is 0 Å². The van der Waals surface area contributed by atoms with Crippen molar-refractivity contribution in [2.45, 2.75) is 12.5 Å². The molecule has 1 heterocycles. The fraction of sp³-hybridized carbons (Fsp3) is 0.417. The monoisotopic (exact) mass is 424 g/mol. The van der Waals surface area contributed by atoms with Crippen LogP contribution in [0.2, 0.25) is 0 Å². The molecule has 7 nitrogen and oxygen atoms in total. The third kappa shape index (κ3) is 6.80. The predicted octanol–water partition coefficient (Wildman–Crippen LogP) is 1.46. The van der Waals surface area contributed by atoms with Gasteiger partial charge in [0.15, 0.2) is 0 Å². The molecule has 0 bridgehead atoms. The minimum Gasteiger partial charge on any atom is -0.497 e. The van der Waals surface area contributed by atoms with Crippen LogP contribution in [-0.2, 0) is 16.0 Å². The van der Waals surface area contributed by atoms with Gasteiger partial charge in [-0.3, -0.25) is 14.5 Å². The van der Waals surface area contributed by atoms with Gasteiger partial charge in [0.1, 0.15) is 5.75 Å². The Bertz CT molecular complexity index is 834. The third-order valence-corrected chi connectivity index (χ3v) is 5.68. The van der Waals surface area contributed by atoms with Crippen molar-refractivity contribution in [1.29, 1.82) is 0 Å². The minimum atomic E-state index is -0.597. The van der Waals surface area contributed by atoms with Crippen LogP contribution in [-0.4, -0.2) is 75.0 Å². The van der Waals surface area contributed by atoms with Gasteiger partial charge < -0.3 is 20.3 Å². The Morgan fingerprint density at radius 2 is 1.58 bits per heavy atom. The van der Waals surface area contributed by atoms with Crippen LogP contribution < -0.4 is 15.4 Å². The molecule has 166 valence electrons. The van der Waals surface area contributed by atoms with Gasteiger partial charge in [0, 0.05) is 39.3 Å². The van der Waals surface area contributed by atoms with Crippen molar-refractivity contribution in [3.8, 4) is 5.75 Å². The fourth-order valence-electron chi connectivity index (χ4n) is 3.73. The number of ether oxygens (including phenoxy) is 1. The van der Waals surface area contributed by atoms with Gasteiger partial charge in [-0.2, -0.15) is 0 Å². The standard InChI is InChI=1S/C24H32N4O3/c1-27-14-16-28(17-15-27)22(20-8-10-21(31-2)11-9-20)18-26-24(30)23(29)25-13-12-19-6-4-3-5-7-19/h3-11,22H,12-18H2,1-2H3,(H,25,29)(H,26,30)/t22-/m0/s1. The van der Waals surface area contributed by atoms with E-state index >= 15 is 0 Å². The molecule has 7 heteroatoms. The van der Waals surface area contributed by atoms with Gasteiger partial charge in [-0.1, -0.05) is 42.5 Å². The van der Waals surface area contributed by atoms with Gasteiger partial charge in [-0.15, -0.1) is 0 Å². The van der Waals surface area contributed by atoms with Crippen molar-refractivity contribution < 1.29 is 14.3 Å². The van der Waals surface area contributed by atoms with Crippen molar-refractivity contribution in [3.05, 3.63) is 65.7 Å². The zero-order chi connectivity index (χ0) is 22.1. The van der Waals surface area contributed by atoms with E-state index in [0.717, 1.165) is 43.1 Å². The summed E-state index contributed by atoms with van der Waals surface area (Å²) in [6.07, 6.45) is 0.690. The normalized spacial score (nSPS) is 15.8. The summed E-state index contributed by atoms with van der Waals surface area (Å²) in [5.74, 6) is -0.397. The highest BCUT2D eigenvalue weighted by molar-refractivity contribution is 6.35. The topological polar surface area (TPSA) is 73.9 Å². The maximum atomic E-state index is 12.4. The van der Waals surface area contributed by atoms with Crippen molar-refractivity contribution in [1.82, 2.24) is 20.4 Å². The number of likely N-dealkylation sites (N-methyl/N-ethyl adjacent to an activating group) is 1. The van der Waals surface area contributed by atoms with Gasteiger partial charge in [0.2, 0.25) is 0 Å². The number of hydrogen-bond donors (Lipinski definition) is 2. The quantitative estimate of drug-likeness (QED) is 0.628. The second-order valence-electron chi connectivity index (χ2n) is 7.83. The molecule has 1 aliphatic rings. The largest absolute Gasteiger partial charge is 0.497 e. The number of methoxy groups -OCH3 is 1. The van der Waals surface area contributed by atoms with Gasteiger partial charge in [-0.05, 0) is 36.7 Å². The first-order valence-electron chi connectivity index (χ1n) is 10.7. The Morgan fingerprint density at radius 3 is 2.23 bits per heavy atom. The summed E-state index contributed by atoms with van der Waals surface area (Å²) in [7, 11) is 3.75. The van der Waals surface area contributed by atoms with Crippen molar-refractivity contribution in [3.63, 3.8) is 0 Å². The highest BCUT2D eigenvalue weighted by Gasteiger charge is 2.25. The molecular weight excluding hydrogens is 392 g/mol. The SMILES string of the molecule is COc1ccc([C@H](CNC(=O)C(=O)NCCc2ccccc2)N2CCN(C)CC2)cc1. The van der Waals surface area contributed by atoms with Gasteiger partial charge in [-0.25, -0.2) is 0 Å². The average molecular weight is 425 g/mol. The number of nitrogens with one attached hydrogen (secondary N) is 2. The zero-order valence-electron chi connectivity index (χ0n) is 18.3. The van der Waals surface area contributed by atoms with Gasteiger partial charge >= 0.3 is 11.8 Å². The van der Waals surface area contributed by atoms with E-state index in [1.54, 1.807) is 7.11 Å². The van der Waals surface area contributed by atoms with E-state index < -0.39 is 11.8 Å². The molecule has 2 aromatic carbocycles. The van der Waals surface area contributed by atoms with Gasteiger partial charge in [0.25, 0.3) is 0 Å². The van der Waals surface area contributed by atoms with E-state index in [1.165, 1.54) is 0 Å². The number of carbonyl (C=O) groups excluding carboxylic acids is 2. The van der Waals surface area contributed by atoms with E-state index in [-0.39, 0.29) is 6.04 Å². The molecule has 1 fully saturated rings. The molecule has 0 radical (unpaired) electrons. The second-order valence-corrected chi connectivity index (χ2v) is 7.83. The zero-order valence-corrected chi connectivity index (χ0v) is 18.3. The average Bonchev–Trinajstić information content (AvgIpc) is 2.81. The smallest absolute Gasteiger partial charge is 0.309 e. The second kappa shape index (κ2) is 11.5. The summed E-state index contributed by atoms with van der Waals surface area (Å²) in [4.78, 5) is 29.3. The lowest BCUT2D eigenvalue weighted by Crippen LogP contribution is -2.49. The highest BCUT2D eigenvalue weighted by atomic mass is 16.5. The lowest BCUT2D eigenvalue weighted by Gasteiger charge is -2.38. The molecule has 1 aliphatic heterocycles. The molecule has 2 N–H and O–H groups in total. The van der Waals surface area contributed by atoms with Crippen molar-refractivity contribution in [2.75, 3.05) is 53.4 Å². The molecule has 2 aromatic rings. The fourth-order valence-corrected chi connectivity index (χ4v) is 3.73. The molecule has 0 saturated carbocycles. The maximum Gasteiger partial charge on any atom is 0.309 e. The highest BCUT2D eigenvalue weighted by Crippen LogP contribution is 2.23. The number of carbonyl (C=O) groups is 2. The first kappa shape index (κ1) is 22.8. The molecule has 3 rings (SSSR count). The Balaban J connectivity index is 1.55. The number of piperazine rings is 1. The summed E-state index contributed by atoms with van der Waals surface area (Å²) >= 11 is 0. The van der Waals surface area contributed by atoms with Crippen LogP contribution in [0.3, 0.4) is 0 Å². The molecular formula is C24H32N4O3. The van der Waals surface area contributed by atoms with E-state index in [2.05, 4.69) is 27.5 Å². The Kier molecular flexibility index (Phi) is 8.44. The molecule has 0 unspecified atom stereocenters. The van der Waals surface area contributed by atoms with Crippen LogP contribution in [0.15, 0.2) is 54.6 Å².